The van der Waals surface area contributed by atoms with E-state index in [2.05, 4.69) is 15.4 Å². The molecule has 92 valence electrons. The second-order valence-electron chi connectivity index (χ2n) is 3.24. The lowest BCUT2D eigenvalue weighted by Crippen LogP contribution is -2.08. The fourth-order valence-electron chi connectivity index (χ4n) is 1.26. The van der Waals surface area contributed by atoms with Crippen LogP contribution in [-0.2, 0) is 0 Å². The lowest BCUT2D eigenvalue weighted by Gasteiger charge is -2.05. The van der Waals surface area contributed by atoms with Gasteiger partial charge in [0.05, 0.1) is 11.0 Å². The van der Waals surface area contributed by atoms with E-state index in [-0.39, 0.29) is 11.6 Å². The summed E-state index contributed by atoms with van der Waals surface area (Å²) in [7, 11) is 0. The first-order valence-electron chi connectivity index (χ1n) is 4.90. The second-order valence-corrected chi connectivity index (χ2v) is 3.24. The van der Waals surface area contributed by atoms with E-state index in [4.69, 9.17) is 10.6 Å². The molecule has 0 spiro atoms. The summed E-state index contributed by atoms with van der Waals surface area (Å²) < 4.78 is 5.36. The van der Waals surface area contributed by atoms with Gasteiger partial charge in [0.15, 0.2) is 0 Å². The molecule has 3 N–H and O–H groups in total. The first kappa shape index (κ1) is 11.7. The van der Waals surface area contributed by atoms with Crippen LogP contribution in [0.15, 0.2) is 36.7 Å². The summed E-state index contributed by atoms with van der Waals surface area (Å²) in [4.78, 5) is 17.8. The molecule has 1 heterocycles. The number of rotatable bonds is 4. The van der Waals surface area contributed by atoms with Crippen LogP contribution in [0.5, 0.6) is 11.6 Å². The van der Waals surface area contributed by atoms with E-state index in [1.807, 2.05) is 0 Å². The van der Waals surface area contributed by atoms with Crippen LogP contribution in [0, 0.1) is 10.1 Å². The van der Waals surface area contributed by atoms with E-state index < -0.39 is 4.92 Å². The van der Waals surface area contributed by atoms with Gasteiger partial charge in [0, 0.05) is 12.1 Å². The number of nitrogen functional groups attached to an aromatic ring is 1. The third kappa shape index (κ3) is 2.68. The molecule has 0 radical (unpaired) electrons. The number of benzene rings is 1. The van der Waals surface area contributed by atoms with Crippen molar-refractivity contribution < 1.29 is 9.66 Å². The zero-order chi connectivity index (χ0) is 13.0. The fraction of sp³-hybridized carbons (Fsp3) is 0. The number of anilines is 1. The number of ether oxygens (including phenoxy) is 1. The molecule has 0 aliphatic carbocycles. The number of hydrogen-bond acceptors (Lipinski definition) is 7. The lowest BCUT2D eigenvalue weighted by molar-refractivity contribution is -0.384. The van der Waals surface area contributed by atoms with Crippen LogP contribution in [0.2, 0.25) is 0 Å². The van der Waals surface area contributed by atoms with Crippen LogP contribution in [0.4, 0.5) is 11.5 Å². The van der Waals surface area contributed by atoms with Crippen LogP contribution in [0.3, 0.4) is 0 Å². The highest BCUT2D eigenvalue weighted by atomic mass is 16.6. The maximum atomic E-state index is 10.6. The van der Waals surface area contributed by atoms with E-state index in [1.165, 1.54) is 30.6 Å². The van der Waals surface area contributed by atoms with Gasteiger partial charge in [-0.15, -0.1) is 0 Å². The SMILES string of the molecule is NNc1cc(Oc2cccc([N+](=O)[O-])c2)ncn1. The molecule has 0 saturated carbocycles. The Morgan fingerprint density at radius 1 is 1.33 bits per heavy atom. The number of non-ortho nitro benzene ring substituents is 1. The van der Waals surface area contributed by atoms with Crippen LogP contribution >= 0.6 is 0 Å². The Bertz CT molecular complexity index is 575. The summed E-state index contributed by atoms with van der Waals surface area (Å²) in [6, 6.07) is 7.26. The predicted octanol–water partition coefficient (Wildman–Crippen LogP) is 1.46. The number of hydrogen-bond donors (Lipinski definition) is 2. The Hall–Kier alpha value is -2.74. The number of nitro groups is 1. The minimum Gasteiger partial charge on any atom is -0.439 e. The summed E-state index contributed by atoms with van der Waals surface area (Å²) in [6.07, 6.45) is 1.27. The van der Waals surface area contributed by atoms with E-state index in [0.717, 1.165) is 0 Å². The summed E-state index contributed by atoms with van der Waals surface area (Å²) in [5.41, 5.74) is 2.29. The largest absolute Gasteiger partial charge is 0.439 e. The molecule has 0 atom stereocenters. The number of nitrogens with two attached hydrogens (primary N) is 1. The number of aromatic nitrogens is 2. The number of nitrogens with zero attached hydrogens (tertiary/aromatic N) is 3. The molecular formula is C10H9N5O3. The van der Waals surface area contributed by atoms with Gasteiger partial charge in [-0.1, -0.05) is 6.07 Å². The van der Waals surface area contributed by atoms with Crippen LogP contribution < -0.4 is 16.0 Å². The second kappa shape index (κ2) is 5.06. The minimum absolute atomic E-state index is 0.0567. The van der Waals surface area contributed by atoms with Gasteiger partial charge in [0.25, 0.3) is 5.69 Å². The Balaban J connectivity index is 2.22. The predicted molar refractivity (Wildman–Crippen MR) is 63.0 cm³/mol. The maximum absolute atomic E-state index is 10.6. The molecule has 8 nitrogen and oxygen atoms in total. The molecule has 0 fully saturated rings. The van der Waals surface area contributed by atoms with Gasteiger partial charge in [-0.3, -0.25) is 10.1 Å². The highest BCUT2D eigenvalue weighted by Crippen LogP contribution is 2.24. The van der Waals surface area contributed by atoms with Crippen molar-refractivity contribution >= 4 is 11.5 Å². The zero-order valence-electron chi connectivity index (χ0n) is 9.11. The van der Waals surface area contributed by atoms with Gasteiger partial charge in [0.2, 0.25) is 5.88 Å². The lowest BCUT2D eigenvalue weighted by atomic mass is 10.3. The molecule has 0 unspecified atom stereocenters. The van der Waals surface area contributed by atoms with E-state index >= 15 is 0 Å². The highest BCUT2D eigenvalue weighted by Gasteiger charge is 2.07. The zero-order valence-corrected chi connectivity index (χ0v) is 9.11. The van der Waals surface area contributed by atoms with Gasteiger partial charge in [0.1, 0.15) is 17.9 Å². The van der Waals surface area contributed by atoms with Crippen LogP contribution in [-0.4, -0.2) is 14.9 Å². The molecule has 18 heavy (non-hydrogen) atoms. The average Bonchev–Trinajstić information content (AvgIpc) is 2.39. The summed E-state index contributed by atoms with van der Waals surface area (Å²) >= 11 is 0. The van der Waals surface area contributed by atoms with Gasteiger partial charge in [-0.25, -0.2) is 15.8 Å². The smallest absolute Gasteiger partial charge is 0.273 e. The Kier molecular flexibility index (Phi) is 3.30. The Morgan fingerprint density at radius 3 is 2.89 bits per heavy atom. The minimum atomic E-state index is -0.500. The molecule has 0 aliphatic rings. The van der Waals surface area contributed by atoms with Crippen molar-refractivity contribution in [3.05, 3.63) is 46.8 Å². The molecule has 2 rings (SSSR count). The molecule has 2 aromatic rings. The van der Waals surface area contributed by atoms with E-state index in [9.17, 15) is 10.1 Å². The molecule has 1 aromatic heterocycles. The van der Waals surface area contributed by atoms with Gasteiger partial charge in [-0.05, 0) is 6.07 Å². The Morgan fingerprint density at radius 2 is 2.17 bits per heavy atom. The first-order chi connectivity index (χ1) is 8.69. The van der Waals surface area contributed by atoms with Gasteiger partial charge >= 0.3 is 0 Å². The molecular weight excluding hydrogens is 238 g/mol. The summed E-state index contributed by atoms with van der Waals surface area (Å²) in [5, 5.41) is 10.6. The average molecular weight is 247 g/mol. The van der Waals surface area contributed by atoms with Crippen molar-refractivity contribution in [1.29, 1.82) is 0 Å². The Labute approximate surface area is 102 Å². The van der Waals surface area contributed by atoms with Crippen molar-refractivity contribution in [1.82, 2.24) is 9.97 Å². The quantitative estimate of drug-likeness (QED) is 0.477. The summed E-state index contributed by atoms with van der Waals surface area (Å²) in [5.74, 6) is 6.12. The third-order valence-corrected chi connectivity index (χ3v) is 2.04. The topological polar surface area (TPSA) is 116 Å². The number of nitro benzene ring substituents is 1. The van der Waals surface area contributed by atoms with Crippen molar-refractivity contribution in [2.75, 3.05) is 5.43 Å². The van der Waals surface area contributed by atoms with E-state index in [0.29, 0.717) is 11.6 Å². The molecule has 0 bridgehead atoms. The van der Waals surface area contributed by atoms with Crippen LogP contribution in [0.25, 0.3) is 0 Å². The molecule has 1 aromatic carbocycles. The summed E-state index contributed by atoms with van der Waals surface area (Å²) in [6.45, 7) is 0. The molecule has 8 heteroatoms. The first-order valence-corrected chi connectivity index (χ1v) is 4.90. The fourth-order valence-corrected chi connectivity index (χ4v) is 1.26. The standard InChI is InChI=1S/C10H9N5O3/c11-14-9-5-10(13-6-12-9)18-8-3-1-2-7(4-8)15(16)17/h1-6H,11H2,(H,12,13,14). The van der Waals surface area contributed by atoms with Crippen molar-refractivity contribution in [3.8, 4) is 11.6 Å². The van der Waals surface area contributed by atoms with Crippen molar-refractivity contribution in [3.63, 3.8) is 0 Å². The molecule has 0 aliphatic heterocycles. The van der Waals surface area contributed by atoms with Gasteiger partial charge < -0.3 is 10.2 Å². The van der Waals surface area contributed by atoms with Crippen LogP contribution in [0.1, 0.15) is 0 Å². The number of hydrazine groups is 1. The van der Waals surface area contributed by atoms with Gasteiger partial charge in [-0.2, -0.15) is 0 Å². The van der Waals surface area contributed by atoms with Crippen molar-refractivity contribution in [2.24, 2.45) is 5.84 Å². The number of nitrogens with one attached hydrogen (secondary N) is 1. The normalized spacial score (nSPS) is 9.83. The van der Waals surface area contributed by atoms with Crippen molar-refractivity contribution in [2.45, 2.75) is 0 Å². The van der Waals surface area contributed by atoms with E-state index in [1.54, 1.807) is 6.07 Å². The highest BCUT2D eigenvalue weighted by molar-refractivity contribution is 5.41. The maximum Gasteiger partial charge on any atom is 0.273 e. The molecule has 0 saturated heterocycles. The third-order valence-electron chi connectivity index (χ3n) is 2.04. The molecule has 0 amide bonds. The monoisotopic (exact) mass is 247 g/mol.